The molecule has 0 saturated heterocycles. The van der Waals surface area contributed by atoms with E-state index in [2.05, 4.69) is 0 Å². The minimum absolute atomic E-state index is 0.155. The van der Waals surface area contributed by atoms with Crippen LogP contribution in [0.4, 0.5) is 18.9 Å². The highest BCUT2D eigenvalue weighted by atomic mass is 19.1. The Morgan fingerprint density at radius 1 is 0.889 bits per heavy atom. The highest BCUT2D eigenvalue weighted by molar-refractivity contribution is 5.67. The molecule has 0 atom stereocenters. The van der Waals surface area contributed by atoms with E-state index in [0.29, 0.717) is 12.1 Å². The second kappa shape index (κ2) is 4.48. The van der Waals surface area contributed by atoms with E-state index < -0.39 is 28.1 Å². The van der Waals surface area contributed by atoms with Crippen molar-refractivity contribution in [2.45, 2.75) is 0 Å². The number of benzene rings is 2. The Morgan fingerprint density at radius 3 is 2.17 bits per heavy atom. The molecule has 92 valence electrons. The first-order valence-corrected chi connectivity index (χ1v) is 4.89. The normalized spacial score (nSPS) is 10.4. The van der Waals surface area contributed by atoms with E-state index in [1.807, 2.05) is 0 Å². The Morgan fingerprint density at radius 2 is 1.56 bits per heavy atom. The topological polar surface area (TPSA) is 43.1 Å². The lowest BCUT2D eigenvalue weighted by atomic mass is 10.0. The van der Waals surface area contributed by atoms with Gasteiger partial charge in [0, 0.05) is 23.3 Å². The summed E-state index contributed by atoms with van der Waals surface area (Å²) in [6.45, 7) is 0. The Hall–Kier alpha value is -2.37. The lowest BCUT2D eigenvalue weighted by Gasteiger charge is -2.05. The van der Waals surface area contributed by atoms with Crippen LogP contribution in [0.5, 0.6) is 0 Å². The zero-order chi connectivity index (χ0) is 13.3. The maximum Gasteiger partial charge on any atom is 0.305 e. The van der Waals surface area contributed by atoms with E-state index in [4.69, 9.17) is 0 Å². The van der Waals surface area contributed by atoms with Gasteiger partial charge in [-0.05, 0) is 6.07 Å². The van der Waals surface area contributed by atoms with Gasteiger partial charge in [0.2, 0.25) is 5.82 Å². The van der Waals surface area contributed by atoms with Crippen molar-refractivity contribution in [1.82, 2.24) is 0 Å². The second-order valence-corrected chi connectivity index (χ2v) is 3.52. The fourth-order valence-corrected chi connectivity index (χ4v) is 1.56. The fraction of sp³-hybridized carbons (Fsp3) is 0. The second-order valence-electron chi connectivity index (χ2n) is 3.52. The van der Waals surface area contributed by atoms with E-state index in [9.17, 15) is 23.3 Å². The van der Waals surface area contributed by atoms with E-state index in [-0.39, 0.29) is 11.1 Å². The average Bonchev–Trinajstić information content (AvgIpc) is 2.30. The Labute approximate surface area is 99.6 Å². The summed E-state index contributed by atoms with van der Waals surface area (Å²) >= 11 is 0. The third-order valence-corrected chi connectivity index (χ3v) is 2.40. The van der Waals surface area contributed by atoms with Gasteiger partial charge in [-0.15, -0.1) is 0 Å². The molecule has 18 heavy (non-hydrogen) atoms. The molecular weight excluding hydrogens is 247 g/mol. The van der Waals surface area contributed by atoms with Crippen LogP contribution in [0.2, 0.25) is 0 Å². The lowest BCUT2D eigenvalue weighted by Crippen LogP contribution is -1.96. The van der Waals surface area contributed by atoms with E-state index >= 15 is 0 Å². The summed E-state index contributed by atoms with van der Waals surface area (Å²) in [4.78, 5) is 9.56. The number of halogens is 3. The van der Waals surface area contributed by atoms with Crippen LogP contribution < -0.4 is 0 Å². The van der Waals surface area contributed by atoms with Gasteiger partial charge in [0.1, 0.15) is 11.6 Å². The first-order chi connectivity index (χ1) is 8.50. The van der Waals surface area contributed by atoms with Crippen LogP contribution in [0.1, 0.15) is 0 Å². The number of hydrogen-bond acceptors (Lipinski definition) is 2. The van der Waals surface area contributed by atoms with Crippen molar-refractivity contribution in [2.24, 2.45) is 0 Å². The summed E-state index contributed by atoms with van der Waals surface area (Å²) < 4.78 is 40.1. The van der Waals surface area contributed by atoms with Crippen LogP contribution >= 0.6 is 0 Å². The molecule has 0 aliphatic rings. The predicted octanol–water partition coefficient (Wildman–Crippen LogP) is 3.68. The van der Waals surface area contributed by atoms with Crippen molar-refractivity contribution in [2.75, 3.05) is 0 Å². The molecule has 6 heteroatoms. The van der Waals surface area contributed by atoms with Crippen LogP contribution in [0, 0.1) is 27.6 Å². The Bertz CT molecular complexity index is 629. The van der Waals surface area contributed by atoms with Crippen molar-refractivity contribution in [3.63, 3.8) is 0 Å². The van der Waals surface area contributed by atoms with Gasteiger partial charge in [-0.3, -0.25) is 10.1 Å². The van der Waals surface area contributed by atoms with Crippen molar-refractivity contribution in [3.05, 3.63) is 64.0 Å². The maximum absolute atomic E-state index is 13.5. The SMILES string of the molecule is O=[N+]([O-])c1cc(-c2ccccc2F)c(F)cc1F. The number of nitro groups is 1. The molecule has 0 unspecified atom stereocenters. The number of rotatable bonds is 2. The summed E-state index contributed by atoms with van der Waals surface area (Å²) in [5.41, 5.74) is -1.39. The smallest absolute Gasteiger partial charge is 0.258 e. The molecule has 3 nitrogen and oxygen atoms in total. The zero-order valence-corrected chi connectivity index (χ0v) is 8.86. The van der Waals surface area contributed by atoms with Crippen molar-refractivity contribution in [1.29, 1.82) is 0 Å². The molecule has 0 aliphatic heterocycles. The van der Waals surface area contributed by atoms with Crippen LogP contribution in [-0.4, -0.2) is 4.92 Å². The monoisotopic (exact) mass is 253 g/mol. The number of nitro benzene ring substituents is 1. The maximum atomic E-state index is 13.5. The molecule has 0 saturated carbocycles. The third kappa shape index (κ3) is 2.04. The quantitative estimate of drug-likeness (QED) is 0.605. The van der Waals surface area contributed by atoms with Gasteiger partial charge in [0.15, 0.2) is 0 Å². The van der Waals surface area contributed by atoms with Gasteiger partial charge in [0.05, 0.1) is 4.92 Å². The molecule has 0 fully saturated rings. The Kier molecular flexibility index (Phi) is 3.01. The summed E-state index contributed by atoms with van der Waals surface area (Å²) in [5.74, 6) is -3.09. The molecule has 2 aromatic carbocycles. The molecule has 0 radical (unpaired) electrons. The molecule has 2 aromatic rings. The zero-order valence-electron chi connectivity index (χ0n) is 8.86. The van der Waals surface area contributed by atoms with Gasteiger partial charge < -0.3 is 0 Å². The van der Waals surface area contributed by atoms with Crippen LogP contribution in [0.3, 0.4) is 0 Å². The standard InChI is InChI=1S/C12H6F3NO2/c13-9-4-2-1-3-7(9)8-5-12(16(17)18)11(15)6-10(8)14/h1-6H. The van der Waals surface area contributed by atoms with Gasteiger partial charge in [0.25, 0.3) is 0 Å². The summed E-state index contributed by atoms with van der Waals surface area (Å²) in [5, 5.41) is 10.6. The first-order valence-electron chi connectivity index (χ1n) is 4.89. The highest BCUT2D eigenvalue weighted by Gasteiger charge is 2.20. The first kappa shape index (κ1) is 12.1. The van der Waals surface area contributed by atoms with E-state index in [1.165, 1.54) is 18.2 Å². The van der Waals surface area contributed by atoms with Crippen LogP contribution in [0.25, 0.3) is 11.1 Å². The van der Waals surface area contributed by atoms with E-state index in [1.54, 1.807) is 0 Å². The minimum atomic E-state index is -1.29. The fourth-order valence-electron chi connectivity index (χ4n) is 1.56. The van der Waals surface area contributed by atoms with Crippen LogP contribution in [-0.2, 0) is 0 Å². The van der Waals surface area contributed by atoms with Crippen molar-refractivity contribution < 1.29 is 18.1 Å². The van der Waals surface area contributed by atoms with Gasteiger partial charge in [-0.25, -0.2) is 8.78 Å². The summed E-state index contributed by atoms with van der Waals surface area (Å²) in [6, 6.07) is 6.25. The molecule has 2 rings (SSSR count). The predicted molar refractivity (Wildman–Crippen MR) is 58.4 cm³/mol. The molecule has 0 aliphatic carbocycles. The van der Waals surface area contributed by atoms with Crippen LogP contribution in [0.15, 0.2) is 36.4 Å². The summed E-state index contributed by atoms with van der Waals surface area (Å²) in [6.07, 6.45) is 0. The Balaban J connectivity index is 2.69. The summed E-state index contributed by atoms with van der Waals surface area (Å²) in [7, 11) is 0. The molecule has 0 aromatic heterocycles. The third-order valence-electron chi connectivity index (χ3n) is 2.40. The van der Waals surface area contributed by atoms with E-state index in [0.717, 1.165) is 6.07 Å². The molecular formula is C12H6F3NO2. The molecule has 0 heterocycles. The molecule has 0 N–H and O–H groups in total. The lowest BCUT2D eigenvalue weighted by molar-refractivity contribution is -0.387. The average molecular weight is 253 g/mol. The largest absolute Gasteiger partial charge is 0.305 e. The van der Waals surface area contributed by atoms with Gasteiger partial charge in [-0.2, -0.15) is 4.39 Å². The highest BCUT2D eigenvalue weighted by Crippen LogP contribution is 2.30. The molecule has 0 amide bonds. The number of nitrogens with zero attached hydrogens (tertiary/aromatic N) is 1. The molecule has 0 bridgehead atoms. The van der Waals surface area contributed by atoms with Gasteiger partial charge >= 0.3 is 5.69 Å². The molecule has 0 spiro atoms. The van der Waals surface area contributed by atoms with Crippen molar-refractivity contribution in [3.8, 4) is 11.1 Å². The number of hydrogen-bond donors (Lipinski definition) is 0. The minimum Gasteiger partial charge on any atom is -0.258 e. The van der Waals surface area contributed by atoms with Crippen molar-refractivity contribution >= 4 is 5.69 Å². The van der Waals surface area contributed by atoms with Gasteiger partial charge in [-0.1, -0.05) is 18.2 Å².